The molecule has 3 N–H and O–H groups in total. The van der Waals surface area contributed by atoms with Crippen LogP contribution < -0.4 is 15.4 Å². The minimum Gasteiger partial charge on any atom is -0.497 e. The molecule has 0 bridgehead atoms. The van der Waals surface area contributed by atoms with Gasteiger partial charge in [0, 0.05) is 5.69 Å². The second-order valence-electron chi connectivity index (χ2n) is 6.60. The third-order valence-corrected chi connectivity index (χ3v) is 4.76. The van der Waals surface area contributed by atoms with Gasteiger partial charge in [0.05, 0.1) is 23.3 Å². The van der Waals surface area contributed by atoms with E-state index in [1.165, 1.54) is 30.3 Å². The van der Waals surface area contributed by atoms with Crippen LogP contribution in [0.25, 0.3) is 6.08 Å². The van der Waals surface area contributed by atoms with Gasteiger partial charge < -0.3 is 20.5 Å². The molecule has 0 aliphatic carbocycles. The number of ether oxygens (including phenoxy) is 1. The zero-order valence-corrected chi connectivity index (χ0v) is 17.7. The number of hydrogen-bond acceptors (Lipinski definition) is 4. The van der Waals surface area contributed by atoms with E-state index in [-0.39, 0.29) is 21.8 Å². The van der Waals surface area contributed by atoms with Crippen molar-refractivity contribution in [1.29, 1.82) is 0 Å². The molecule has 0 saturated carbocycles. The van der Waals surface area contributed by atoms with Crippen molar-refractivity contribution in [2.45, 2.75) is 0 Å². The van der Waals surface area contributed by atoms with Crippen molar-refractivity contribution in [3.8, 4) is 5.75 Å². The zero-order valence-electron chi connectivity index (χ0n) is 17.0. The third-order valence-electron chi connectivity index (χ3n) is 4.43. The maximum absolute atomic E-state index is 12.9. The average Bonchev–Trinajstić information content (AvgIpc) is 2.79. The second-order valence-corrected chi connectivity index (χ2v) is 7.01. The summed E-state index contributed by atoms with van der Waals surface area (Å²) in [5.74, 6) is -1.57. The summed E-state index contributed by atoms with van der Waals surface area (Å²) in [4.78, 5) is 36.7. The lowest BCUT2D eigenvalue weighted by molar-refractivity contribution is -0.113. The Labute approximate surface area is 189 Å². The summed E-state index contributed by atoms with van der Waals surface area (Å²) in [5, 5.41) is 14.5. The van der Waals surface area contributed by atoms with Crippen LogP contribution >= 0.6 is 11.6 Å². The summed E-state index contributed by atoms with van der Waals surface area (Å²) in [6.45, 7) is 0. The lowest BCUT2D eigenvalue weighted by Crippen LogP contribution is -2.31. The van der Waals surface area contributed by atoms with Gasteiger partial charge in [-0.25, -0.2) is 4.79 Å². The van der Waals surface area contributed by atoms with Crippen LogP contribution in [0.1, 0.15) is 26.3 Å². The quantitative estimate of drug-likeness (QED) is 0.461. The van der Waals surface area contributed by atoms with E-state index in [0.717, 1.165) is 0 Å². The van der Waals surface area contributed by atoms with E-state index in [1.54, 1.807) is 55.6 Å². The van der Waals surface area contributed by atoms with Gasteiger partial charge in [-0.3, -0.25) is 9.59 Å². The van der Waals surface area contributed by atoms with E-state index < -0.39 is 17.8 Å². The van der Waals surface area contributed by atoms with Crippen LogP contribution in [0.2, 0.25) is 5.02 Å². The molecule has 0 spiro atoms. The molecule has 0 atom stereocenters. The van der Waals surface area contributed by atoms with Crippen LogP contribution in [-0.4, -0.2) is 30.0 Å². The number of carbonyl (C=O) groups excluding carboxylic acids is 2. The summed E-state index contributed by atoms with van der Waals surface area (Å²) in [6, 6.07) is 19.1. The van der Waals surface area contributed by atoms with Crippen molar-refractivity contribution < 1.29 is 24.2 Å². The number of benzene rings is 3. The highest BCUT2D eigenvalue weighted by Crippen LogP contribution is 2.18. The second kappa shape index (κ2) is 10.3. The highest BCUT2D eigenvalue weighted by molar-refractivity contribution is 6.34. The van der Waals surface area contributed by atoms with E-state index >= 15 is 0 Å². The highest BCUT2D eigenvalue weighted by atomic mass is 35.5. The Morgan fingerprint density at radius 2 is 1.59 bits per heavy atom. The molecule has 3 rings (SSSR count). The molecule has 0 fully saturated rings. The van der Waals surface area contributed by atoms with Gasteiger partial charge in [-0.1, -0.05) is 35.9 Å². The number of aromatic carboxylic acids is 1. The van der Waals surface area contributed by atoms with Crippen molar-refractivity contribution in [3.63, 3.8) is 0 Å². The van der Waals surface area contributed by atoms with Crippen molar-refractivity contribution in [2.75, 3.05) is 12.4 Å². The Hall–Kier alpha value is -4.10. The first-order valence-corrected chi connectivity index (χ1v) is 9.81. The smallest absolute Gasteiger partial charge is 0.335 e. The van der Waals surface area contributed by atoms with Crippen LogP contribution in [0.3, 0.4) is 0 Å². The Balaban J connectivity index is 1.88. The number of hydrogen-bond donors (Lipinski definition) is 3. The van der Waals surface area contributed by atoms with E-state index in [4.69, 9.17) is 21.4 Å². The van der Waals surface area contributed by atoms with Crippen LogP contribution in [0.15, 0.2) is 78.5 Å². The number of halogens is 1. The minimum absolute atomic E-state index is 0.0256. The van der Waals surface area contributed by atoms with Crippen molar-refractivity contribution in [3.05, 3.63) is 100 Å². The standard InChI is InChI=1S/C24H19ClN2O5/c1-32-18-12-6-15(7-13-18)14-21(27-22(28)19-4-2-3-5-20(19)25)23(29)26-17-10-8-16(9-11-17)24(30)31/h2-14H,1H3,(H,26,29)(H,27,28)(H,30,31)/b21-14+. The summed E-state index contributed by atoms with van der Waals surface area (Å²) in [6.07, 6.45) is 1.51. The molecule has 0 radical (unpaired) electrons. The summed E-state index contributed by atoms with van der Waals surface area (Å²) < 4.78 is 5.14. The number of nitrogens with one attached hydrogen (secondary N) is 2. The number of anilines is 1. The Kier molecular flexibility index (Phi) is 7.25. The fourth-order valence-corrected chi connectivity index (χ4v) is 2.98. The first-order chi connectivity index (χ1) is 15.4. The Bertz CT molecular complexity index is 1170. The zero-order chi connectivity index (χ0) is 23.1. The molecule has 0 saturated heterocycles. The third kappa shape index (κ3) is 5.74. The number of methoxy groups -OCH3 is 1. The SMILES string of the molecule is COc1ccc(/C=C(/NC(=O)c2ccccc2Cl)C(=O)Nc2ccc(C(=O)O)cc2)cc1. The van der Waals surface area contributed by atoms with Gasteiger partial charge in [0.25, 0.3) is 11.8 Å². The molecule has 0 aromatic heterocycles. The van der Waals surface area contributed by atoms with Gasteiger partial charge >= 0.3 is 5.97 Å². The normalized spacial score (nSPS) is 10.9. The topological polar surface area (TPSA) is 105 Å². The van der Waals surface area contributed by atoms with Gasteiger partial charge in [-0.15, -0.1) is 0 Å². The van der Waals surface area contributed by atoms with Gasteiger partial charge in [0.15, 0.2) is 0 Å². The first-order valence-electron chi connectivity index (χ1n) is 9.43. The summed E-state index contributed by atoms with van der Waals surface area (Å²) in [5.41, 5.74) is 1.30. The molecule has 0 unspecified atom stereocenters. The Morgan fingerprint density at radius 1 is 0.938 bits per heavy atom. The molecular formula is C24H19ClN2O5. The van der Waals surface area contributed by atoms with Crippen molar-refractivity contribution in [2.24, 2.45) is 0 Å². The van der Waals surface area contributed by atoms with Gasteiger partial charge in [0.1, 0.15) is 11.4 Å². The average molecular weight is 451 g/mol. The molecule has 0 aliphatic rings. The molecule has 0 aliphatic heterocycles. The number of carbonyl (C=O) groups is 3. The Morgan fingerprint density at radius 3 is 2.19 bits per heavy atom. The van der Waals surface area contributed by atoms with Crippen LogP contribution in [0, 0.1) is 0 Å². The fraction of sp³-hybridized carbons (Fsp3) is 0.0417. The van der Waals surface area contributed by atoms with E-state index in [2.05, 4.69) is 10.6 Å². The van der Waals surface area contributed by atoms with Crippen LogP contribution in [0.4, 0.5) is 5.69 Å². The van der Waals surface area contributed by atoms with E-state index in [9.17, 15) is 14.4 Å². The molecule has 162 valence electrons. The van der Waals surface area contributed by atoms with E-state index in [0.29, 0.717) is 17.0 Å². The summed E-state index contributed by atoms with van der Waals surface area (Å²) in [7, 11) is 1.54. The molecular weight excluding hydrogens is 432 g/mol. The molecule has 3 aromatic carbocycles. The number of amides is 2. The lowest BCUT2D eigenvalue weighted by atomic mass is 10.1. The van der Waals surface area contributed by atoms with E-state index in [1.807, 2.05) is 0 Å². The maximum Gasteiger partial charge on any atom is 0.335 e. The van der Waals surface area contributed by atoms with Crippen LogP contribution in [-0.2, 0) is 4.79 Å². The largest absolute Gasteiger partial charge is 0.497 e. The number of carboxylic acid groups (broad SMARTS) is 1. The predicted molar refractivity (Wildman–Crippen MR) is 122 cm³/mol. The van der Waals surface area contributed by atoms with Crippen molar-refractivity contribution in [1.82, 2.24) is 5.32 Å². The molecule has 32 heavy (non-hydrogen) atoms. The summed E-state index contributed by atoms with van der Waals surface area (Å²) >= 11 is 6.10. The monoisotopic (exact) mass is 450 g/mol. The first kappa shape index (κ1) is 22.6. The van der Waals surface area contributed by atoms with Gasteiger partial charge in [-0.05, 0) is 60.2 Å². The minimum atomic E-state index is -1.07. The van der Waals surface area contributed by atoms with Crippen molar-refractivity contribution >= 4 is 41.1 Å². The molecule has 3 aromatic rings. The molecule has 7 nitrogen and oxygen atoms in total. The molecule has 8 heteroatoms. The number of rotatable bonds is 7. The van der Waals surface area contributed by atoms with Gasteiger partial charge in [0.2, 0.25) is 0 Å². The molecule has 2 amide bonds. The predicted octanol–water partition coefficient (Wildman–Crippen LogP) is 4.46. The van der Waals surface area contributed by atoms with Crippen LogP contribution in [0.5, 0.6) is 5.75 Å². The number of carboxylic acids is 1. The maximum atomic E-state index is 12.9. The fourth-order valence-electron chi connectivity index (χ4n) is 2.75. The lowest BCUT2D eigenvalue weighted by Gasteiger charge is -2.12. The molecule has 0 heterocycles. The highest BCUT2D eigenvalue weighted by Gasteiger charge is 2.17. The van der Waals surface area contributed by atoms with Gasteiger partial charge in [-0.2, -0.15) is 0 Å².